The van der Waals surface area contributed by atoms with Crippen LogP contribution in [-0.2, 0) is 11.2 Å². The topological polar surface area (TPSA) is 51.2 Å². The van der Waals surface area contributed by atoms with E-state index in [0.29, 0.717) is 12.2 Å². The first-order chi connectivity index (χ1) is 11.7. The second kappa shape index (κ2) is 7.13. The Labute approximate surface area is 141 Å². The van der Waals surface area contributed by atoms with E-state index in [2.05, 4.69) is 29.4 Å². The van der Waals surface area contributed by atoms with Crippen molar-refractivity contribution in [3.63, 3.8) is 0 Å². The van der Waals surface area contributed by atoms with Crippen LogP contribution in [0.2, 0.25) is 0 Å². The monoisotopic (exact) mass is 320 g/mol. The molecule has 0 spiro atoms. The van der Waals surface area contributed by atoms with Crippen molar-refractivity contribution in [1.29, 1.82) is 0 Å². The van der Waals surface area contributed by atoms with Gasteiger partial charge in [-0.2, -0.15) is 0 Å². The number of nitrogens with one attached hydrogen (secondary N) is 1. The molecule has 1 heterocycles. The normalized spacial score (nSPS) is 10.6. The molecule has 0 atom stereocenters. The van der Waals surface area contributed by atoms with Crippen LogP contribution in [-0.4, -0.2) is 17.6 Å². The first-order valence-corrected chi connectivity index (χ1v) is 8.13. The lowest BCUT2D eigenvalue weighted by Crippen LogP contribution is -2.07. The van der Waals surface area contributed by atoms with Crippen LogP contribution >= 0.6 is 0 Å². The number of carbonyl (C=O) groups excluding carboxylic acids is 1. The lowest BCUT2D eigenvalue weighted by atomic mass is 10.1. The van der Waals surface area contributed by atoms with Gasteiger partial charge >= 0.3 is 5.97 Å². The Morgan fingerprint density at radius 1 is 1.08 bits per heavy atom. The zero-order valence-corrected chi connectivity index (χ0v) is 13.9. The highest BCUT2D eigenvalue weighted by molar-refractivity contribution is 6.07. The van der Waals surface area contributed by atoms with Crippen molar-refractivity contribution in [2.75, 3.05) is 11.9 Å². The molecule has 122 valence electrons. The van der Waals surface area contributed by atoms with Gasteiger partial charge in [0.1, 0.15) is 5.82 Å². The fraction of sp³-hybridized carbons (Fsp3) is 0.200. The van der Waals surface area contributed by atoms with Crippen LogP contribution in [0.4, 0.5) is 11.5 Å². The summed E-state index contributed by atoms with van der Waals surface area (Å²) in [6.07, 6.45) is 2.55. The van der Waals surface area contributed by atoms with Crippen LogP contribution in [0.15, 0.2) is 54.7 Å². The number of esters is 1. The molecule has 2 aromatic carbocycles. The van der Waals surface area contributed by atoms with E-state index in [1.54, 1.807) is 13.1 Å². The van der Waals surface area contributed by atoms with Crippen LogP contribution in [0, 0.1) is 0 Å². The molecule has 0 saturated carbocycles. The van der Waals surface area contributed by atoms with E-state index >= 15 is 0 Å². The molecule has 4 nitrogen and oxygen atoms in total. The van der Waals surface area contributed by atoms with E-state index in [1.807, 2.05) is 36.4 Å². The Bertz CT molecular complexity index is 874. The number of benzene rings is 2. The van der Waals surface area contributed by atoms with E-state index < -0.39 is 0 Å². The Hall–Kier alpha value is -2.88. The van der Waals surface area contributed by atoms with E-state index in [1.165, 1.54) is 5.56 Å². The molecule has 0 radical (unpaired) electrons. The summed E-state index contributed by atoms with van der Waals surface area (Å²) in [5, 5.41) is 5.08. The predicted octanol–water partition coefficient (Wildman–Crippen LogP) is 4.72. The summed E-state index contributed by atoms with van der Waals surface area (Å²) in [5.41, 5.74) is 2.73. The Morgan fingerprint density at radius 2 is 1.88 bits per heavy atom. The second-order valence-electron chi connectivity index (χ2n) is 5.47. The van der Waals surface area contributed by atoms with Crippen molar-refractivity contribution in [2.24, 2.45) is 0 Å². The van der Waals surface area contributed by atoms with Crippen LogP contribution < -0.4 is 5.32 Å². The fourth-order valence-electron chi connectivity index (χ4n) is 2.67. The SMILES string of the molecule is CCOC(=O)c1cnc(Nc2cccc(CC)c2)c2ccccc12. The maximum absolute atomic E-state index is 12.1. The molecule has 24 heavy (non-hydrogen) atoms. The zero-order valence-electron chi connectivity index (χ0n) is 13.9. The molecule has 0 amide bonds. The smallest absolute Gasteiger partial charge is 0.340 e. The lowest BCUT2D eigenvalue weighted by molar-refractivity contribution is 0.0528. The van der Waals surface area contributed by atoms with Gasteiger partial charge in [-0.3, -0.25) is 0 Å². The van der Waals surface area contributed by atoms with Gasteiger partial charge in [0.25, 0.3) is 0 Å². The number of aryl methyl sites for hydroxylation is 1. The maximum Gasteiger partial charge on any atom is 0.340 e. The van der Waals surface area contributed by atoms with Gasteiger partial charge in [-0.25, -0.2) is 9.78 Å². The summed E-state index contributed by atoms with van der Waals surface area (Å²) < 4.78 is 5.13. The van der Waals surface area contributed by atoms with Crippen molar-refractivity contribution in [3.05, 3.63) is 65.9 Å². The quantitative estimate of drug-likeness (QED) is 0.691. The summed E-state index contributed by atoms with van der Waals surface area (Å²) in [4.78, 5) is 16.6. The average Bonchev–Trinajstić information content (AvgIpc) is 2.62. The number of rotatable bonds is 5. The molecule has 0 saturated heterocycles. The average molecular weight is 320 g/mol. The molecule has 0 fully saturated rings. The number of ether oxygens (including phenoxy) is 1. The largest absolute Gasteiger partial charge is 0.462 e. The van der Waals surface area contributed by atoms with Gasteiger partial charge in [0.2, 0.25) is 0 Å². The van der Waals surface area contributed by atoms with E-state index in [0.717, 1.165) is 28.7 Å². The number of nitrogens with zero attached hydrogens (tertiary/aromatic N) is 1. The third-order valence-corrected chi connectivity index (χ3v) is 3.89. The molecule has 0 bridgehead atoms. The van der Waals surface area contributed by atoms with Crippen molar-refractivity contribution in [3.8, 4) is 0 Å². The maximum atomic E-state index is 12.1. The Kier molecular flexibility index (Phi) is 4.75. The molecule has 1 N–H and O–H groups in total. The van der Waals surface area contributed by atoms with Crippen molar-refractivity contribution >= 4 is 28.2 Å². The fourth-order valence-corrected chi connectivity index (χ4v) is 2.67. The van der Waals surface area contributed by atoms with Gasteiger partial charge < -0.3 is 10.1 Å². The van der Waals surface area contributed by atoms with Crippen LogP contribution in [0.5, 0.6) is 0 Å². The van der Waals surface area contributed by atoms with Crippen LogP contribution in [0.1, 0.15) is 29.8 Å². The van der Waals surface area contributed by atoms with Gasteiger partial charge in [0.15, 0.2) is 0 Å². The lowest BCUT2D eigenvalue weighted by Gasteiger charge is -2.12. The zero-order chi connectivity index (χ0) is 16.9. The third kappa shape index (κ3) is 3.23. The number of aromatic nitrogens is 1. The summed E-state index contributed by atoms with van der Waals surface area (Å²) >= 11 is 0. The number of hydrogen-bond donors (Lipinski definition) is 1. The molecule has 0 unspecified atom stereocenters. The summed E-state index contributed by atoms with van der Waals surface area (Å²) in [6, 6.07) is 16.0. The third-order valence-electron chi connectivity index (χ3n) is 3.89. The highest BCUT2D eigenvalue weighted by Gasteiger charge is 2.14. The van der Waals surface area contributed by atoms with Crippen molar-refractivity contribution in [1.82, 2.24) is 4.98 Å². The number of carbonyl (C=O) groups is 1. The highest BCUT2D eigenvalue weighted by atomic mass is 16.5. The minimum Gasteiger partial charge on any atom is -0.462 e. The number of anilines is 2. The van der Waals surface area contributed by atoms with Gasteiger partial charge in [0.05, 0.1) is 12.2 Å². The molecule has 3 aromatic rings. The van der Waals surface area contributed by atoms with E-state index in [-0.39, 0.29) is 5.97 Å². The Morgan fingerprint density at radius 3 is 2.62 bits per heavy atom. The van der Waals surface area contributed by atoms with E-state index in [9.17, 15) is 4.79 Å². The molecule has 0 aliphatic heterocycles. The summed E-state index contributed by atoms with van der Waals surface area (Å²) in [6.45, 7) is 4.27. The standard InChI is InChI=1S/C20H20N2O2/c1-3-14-8-7-9-15(12-14)22-19-17-11-6-5-10-16(17)18(13-21-19)20(23)24-4-2/h5-13H,3-4H2,1-2H3,(H,21,22). The highest BCUT2D eigenvalue weighted by Crippen LogP contribution is 2.27. The van der Waals surface area contributed by atoms with Crippen molar-refractivity contribution < 1.29 is 9.53 Å². The molecule has 3 rings (SSSR count). The number of hydrogen-bond acceptors (Lipinski definition) is 4. The summed E-state index contributed by atoms with van der Waals surface area (Å²) in [7, 11) is 0. The minimum atomic E-state index is -0.347. The van der Waals surface area contributed by atoms with Gasteiger partial charge in [-0.15, -0.1) is 0 Å². The number of pyridine rings is 1. The van der Waals surface area contributed by atoms with Gasteiger partial charge in [-0.05, 0) is 31.0 Å². The predicted molar refractivity (Wildman–Crippen MR) is 96.8 cm³/mol. The molecule has 0 aliphatic carbocycles. The van der Waals surface area contributed by atoms with Gasteiger partial charge in [-0.1, -0.05) is 43.3 Å². The first-order valence-electron chi connectivity index (χ1n) is 8.13. The number of fused-ring (bicyclic) bond motifs is 1. The van der Waals surface area contributed by atoms with Gasteiger partial charge in [0, 0.05) is 22.7 Å². The second-order valence-corrected chi connectivity index (χ2v) is 5.47. The summed E-state index contributed by atoms with van der Waals surface area (Å²) in [5.74, 6) is 0.382. The van der Waals surface area contributed by atoms with Crippen LogP contribution in [0.25, 0.3) is 10.8 Å². The van der Waals surface area contributed by atoms with E-state index in [4.69, 9.17) is 4.74 Å². The molecular weight excluding hydrogens is 300 g/mol. The molecule has 1 aromatic heterocycles. The van der Waals surface area contributed by atoms with Crippen LogP contribution in [0.3, 0.4) is 0 Å². The molecular formula is C20H20N2O2. The molecule has 0 aliphatic rings. The molecule has 4 heteroatoms. The Balaban J connectivity index is 2.03. The first kappa shape index (κ1) is 16.0. The minimum absolute atomic E-state index is 0.344. The van der Waals surface area contributed by atoms with Crippen molar-refractivity contribution in [2.45, 2.75) is 20.3 Å².